The van der Waals surface area contributed by atoms with Crippen LogP contribution in [0, 0.1) is 0 Å². The van der Waals surface area contributed by atoms with Crippen LogP contribution >= 0.6 is 0 Å². The maximum absolute atomic E-state index is 7.00. The summed E-state index contributed by atoms with van der Waals surface area (Å²) in [6.07, 6.45) is 0. The molecule has 12 aromatic carbocycles. The highest BCUT2D eigenvalue weighted by Crippen LogP contribution is 2.58. The van der Waals surface area contributed by atoms with E-state index < -0.39 is 5.41 Å². The van der Waals surface area contributed by atoms with E-state index in [1.807, 2.05) is 0 Å². The number of fused-ring (bicyclic) bond motifs is 11. The fourth-order valence-corrected chi connectivity index (χ4v) is 12.4. The molecule has 74 heavy (non-hydrogen) atoms. The van der Waals surface area contributed by atoms with Crippen molar-refractivity contribution in [3.8, 4) is 39.1 Å². The molecule has 0 radical (unpaired) electrons. The van der Waals surface area contributed by atoms with Gasteiger partial charge in [0.1, 0.15) is 5.58 Å². The molecule has 0 bridgehead atoms. The van der Waals surface area contributed by atoms with E-state index in [1.165, 1.54) is 71.7 Å². The Morgan fingerprint density at radius 1 is 0.351 bits per heavy atom. The highest BCUT2D eigenvalue weighted by Gasteiger charge is 2.46. The molecule has 1 aliphatic carbocycles. The third-order valence-electron chi connectivity index (χ3n) is 15.7. The van der Waals surface area contributed by atoms with Gasteiger partial charge in [0.25, 0.3) is 0 Å². The van der Waals surface area contributed by atoms with E-state index in [9.17, 15) is 0 Å². The summed E-state index contributed by atoms with van der Waals surface area (Å²) in [6, 6.07) is 102. The summed E-state index contributed by atoms with van der Waals surface area (Å²) in [7, 11) is 0. The first-order valence-electron chi connectivity index (χ1n) is 25.5. The van der Waals surface area contributed by atoms with Crippen molar-refractivity contribution in [2.75, 3.05) is 4.90 Å². The van der Waals surface area contributed by atoms with Gasteiger partial charge in [-0.3, -0.25) is 0 Å². The van der Waals surface area contributed by atoms with Crippen LogP contribution < -0.4 is 4.90 Å². The Hall–Kier alpha value is -9.70. The third-order valence-corrected chi connectivity index (χ3v) is 15.7. The summed E-state index contributed by atoms with van der Waals surface area (Å²) in [6.45, 7) is 0. The van der Waals surface area contributed by atoms with Crippen LogP contribution in [-0.2, 0) is 5.41 Å². The lowest BCUT2D eigenvalue weighted by Crippen LogP contribution is -2.28. The lowest BCUT2D eigenvalue weighted by molar-refractivity contribution is 0.669. The Morgan fingerprint density at radius 3 is 1.64 bits per heavy atom. The van der Waals surface area contributed by atoms with E-state index in [-0.39, 0.29) is 0 Å². The summed E-state index contributed by atoms with van der Waals surface area (Å²) < 4.78 is 9.37. The van der Waals surface area contributed by atoms with Crippen molar-refractivity contribution in [2.45, 2.75) is 5.41 Å². The van der Waals surface area contributed by atoms with E-state index in [2.05, 4.69) is 289 Å². The summed E-state index contributed by atoms with van der Waals surface area (Å²) in [5.41, 5.74) is 20.0. The van der Waals surface area contributed by atoms with Crippen molar-refractivity contribution in [1.29, 1.82) is 0 Å². The molecule has 2 heterocycles. The summed E-state index contributed by atoms with van der Waals surface area (Å²) in [5, 5.41) is 7.05. The summed E-state index contributed by atoms with van der Waals surface area (Å²) in [5.74, 6) is 0. The Balaban J connectivity index is 0.880. The minimum Gasteiger partial charge on any atom is -0.454 e. The molecule has 0 saturated heterocycles. The normalized spacial score (nSPS) is 12.7. The number of anilines is 3. The number of benzene rings is 12. The van der Waals surface area contributed by atoms with Gasteiger partial charge in [0, 0.05) is 38.6 Å². The second-order valence-corrected chi connectivity index (χ2v) is 19.6. The number of hydrogen-bond donors (Lipinski definition) is 0. The van der Waals surface area contributed by atoms with Crippen LogP contribution in [0.4, 0.5) is 17.1 Å². The Kier molecular flexibility index (Phi) is 9.48. The van der Waals surface area contributed by atoms with E-state index in [0.717, 1.165) is 61.2 Å². The number of furan rings is 1. The molecular formula is C71H46N2O. The molecule has 14 aromatic rings. The predicted molar refractivity (Wildman–Crippen MR) is 308 cm³/mol. The Morgan fingerprint density at radius 2 is 0.892 bits per heavy atom. The van der Waals surface area contributed by atoms with E-state index in [4.69, 9.17) is 4.42 Å². The summed E-state index contributed by atoms with van der Waals surface area (Å²) >= 11 is 0. The van der Waals surface area contributed by atoms with Crippen LogP contribution in [0.3, 0.4) is 0 Å². The topological polar surface area (TPSA) is 21.3 Å². The molecule has 0 saturated carbocycles. The minimum absolute atomic E-state index is 0.559. The van der Waals surface area contributed by atoms with Crippen molar-refractivity contribution in [3.05, 3.63) is 301 Å². The predicted octanol–water partition coefficient (Wildman–Crippen LogP) is 19.0. The number of para-hydroxylation sites is 3. The quantitative estimate of drug-likeness (QED) is 0.151. The molecule has 0 unspecified atom stereocenters. The first kappa shape index (κ1) is 42.0. The van der Waals surface area contributed by atoms with Gasteiger partial charge in [-0.25, -0.2) is 0 Å². The molecular weight excluding hydrogens is 897 g/mol. The molecule has 0 amide bonds. The molecule has 0 aliphatic heterocycles. The maximum atomic E-state index is 7.00. The number of hydrogen-bond acceptors (Lipinski definition) is 2. The van der Waals surface area contributed by atoms with Crippen molar-refractivity contribution < 1.29 is 4.42 Å². The van der Waals surface area contributed by atoms with E-state index in [1.54, 1.807) is 0 Å². The van der Waals surface area contributed by atoms with Crippen LogP contribution in [0.25, 0.3) is 93.6 Å². The van der Waals surface area contributed by atoms with Gasteiger partial charge in [0.15, 0.2) is 5.58 Å². The first-order valence-corrected chi connectivity index (χ1v) is 25.5. The van der Waals surface area contributed by atoms with Crippen LogP contribution in [0.5, 0.6) is 0 Å². The smallest absolute Gasteiger partial charge is 0.160 e. The van der Waals surface area contributed by atoms with Gasteiger partial charge in [-0.15, -0.1) is 0 Å². The minimum atomic E-state index is -0.559. The van der Waals surface area contributed by atoms with Crippen molar-refractivity contribution >= 4 is 71.6 Å². The fourth-order valence-electron chi connectivity index (χ4n) is 12.4. The van der Waals surface area contributed by atoms with Gasteiger partial charge in [-0.05, 0) is 133 Å². The van der Waals surface area contributed by atoms with Gasteiger partial charge in [-0.2, -0.15) is 0 Å². The third kappa shape index (κ3) is 6.33. The Bertz CT molecular complexity index is 4420. The largest absolute Gasteiger partial charge is 0.454 e. The van der Waals surface area contributed by atoms with Crippen molar-refractivity contribution in [1.82, 2.24) is 4.57 Å². The highest BCUT2D eigenvalue weighted by molar-refractivity contribution is 6.23. The lowest BCUT2D eigenvalue weighted by atomic mass is 9.67. The second-order valence-electron chi connectivity index (χ2n) is 19.6. The fraction of sp³-hybridized carbons (Fsp3) is 0.0141. The van der Waals surface area contributed by atoms with E-state index >= 15 is 0 Å². The van der Waals surface area contributed by atoms with Crippen LogP contribution in [0.2, 0.25) is 0 Å². The molecule has 3 nitrogen and oxygen atoms in total. The number of rotatable bonds is 8. The molecule has 3 heteroatoms. The first-order chi connectivity index (χ1) is 36.7. The zero-order valence-electron chi connectivity index (χ0n) is 40.4. The monoisotopic (exact) mass is 942 g/mol. The molecule has 0 N–H and O–H groups in total. The van der Waals surface area contributed by atoms with Crippen LogP contribution in [0.1, 0.15) is 22.3 Å². The molecule has 1 aliphatic rings. The SMILES string of the molecule is c1ccc(-n2c3ccccc3c3cc(-c4ccc(-c5ccc(N(c6ccc7c(c6)C(c6ccccc6)(c6ccccc6)c6ccccc6-7)c6cc7ccccc7c7c6oc6ccccc67)cc5)cc4)ccc32)cc1. The van der Waals surface area contributed by atoms with Gasteiger partial charge in [0.05, 0.1) is 22.1 Å². The van der Waals surface area contributed by atoms with Crippen LogP contribution in [-0.4, -0.2) is 4.57 Å². The average Bonchev–Trinajstić information content (AvgIpc) is 4.14. The zero-order chi connectivity index (χ0) is 48.7. The molecule has 0 spiro atoms. The maximum Gasteiger partial charge on any atom is 0.160 e. The van der Waals surface area contributed by atoms with Gasteiger partial charge < -0.3 is 13.9 Å². The molecule has 15 rings (SSSR count). The molecule has 0 atom stereocenters. The highest BCUT2D eigenvalue weighted by atomic mass is 16.3. The van der Waals surface area contributed by atoms with Crippen molar-refractivity contribution in [2.24, 2.45) is 0 Å². The van der Waals surface area contributed by atoms with Gasteiger partial charge in [0.2, 0.25) is 0 Å². The van der Waals surface area contributed by atoms with E-state index in [0.29, 0.717) is 0 Å². The number of nitrogens with zero attached hydrogens (tertiary/aromatic N) is 2. The summed E-state index contributed by atoms with van der Waals surface area (Å²) in [4.78, 5) is 2.42. The Labute approximate surface area is 429 Å². The molecule has 346 valence electrons. The van der Waals surface area contributed by atoms with Gasteiger partial charge >= 0.3 is 0 Å². The van der Waals surface area contributed by atoms with Crippen molar-refractivity contribution in [3.63, 3.8) is 0 Å². The second kappa shape index (κ2) is 16.7. The zero-order valence-corrected chi connectivity index (χ0v) is 40.4. The average molecular weight is 943 g/mol. The van der Waals surface area contributed by atoms with Gasteiger partial charge in [-0.1, -0.05) is 212 Å². The molecule has 0 fully saturated rings. The van der Waals surface area contributed by atoms with Crippen LogP contribution in [0.15, 0.2) is 283 Å². The number of aromatic nitrogens is 1. The standard InChI is InChI=1S/C71H46N2O/c1-4-19-52(20-5-1)71(53-21-6-2-7-22-53)63-29-15-12-26-58(63)59-42-41-56(46-64(59)71)72(67-45-51-18-10-11-25-57(51)69-61-28-14-17-31-68(61)74-70(67)69)55-39-36-48(37-40-55)47-32-34-49(35-33-47)50-38-43-66-62(44-50)60-27-13-16-30-65(60)73(66)54-23-8-3-9-24-54/h1-46H. The molecule has 2 aromatic heterocycles. The lowest BCUT2D eigenvalue weighted by Gasteiger charge is -2.35.